The van der Waals surface area contributed by atoms with Crippen LogP contribution in [0.15, 0.2) is 28.8 Å². The van der Waals surface area contributed by atoms with Gasteiger partial charge in [-0.1, -0.05) is 17.3 Å². The topological polar surface area (TPSA) is 71.6 Å². The van der Waals surface area contributed by atoms with Crippen LogP contribution in [0.4, 0.5) is 4.39 Å². The molecule has 0 unspecified atom stereocenters. The SMILES string of the molecule is COCCc1noc([C@@H]2CN(Cc3ccc(F)cc3)C[C@H]2CO)n1. The van der Waals surface area contributed by atoms with Gasteiger partial charge in [-0.2, -0.15) is 4.98 Å². The third-order valence-corrected chi connectivity index (χ3v) is 4.40. The molecule has 2 aromatic rings. The highest BCUT2D eigenvalue weighted by atomic mass is 19.1. The van der Waals surface area contributed by atoms with E-state index >= 15 is 0 Å². The number of hydrogen-bond acceptors (Lipinski definition) is 6. The molecule has 0 spiro atoms. The van der Waals surface area contributed by atoms with Gasteiger partial charge in [0.1, 0.15) is 5.82 Å². The fourth-order valence-electron chi connectivity index (χ4n) is 3.12. The van der Waals surface area contributed by atoms with Crippen LogP contribution in [0.3, 0.4) is 0 Å². The molecular formula is C17H22FN3O3. The smallest absolute Gasteiger partial charge is 0.231 e. The van der Waals surface area contributed by atoms with Gasteiger partial charge in [0, 0.05) is 45.7 Å². The highest BCUT2D eigenvalue weighted by molar-refractivity contribution is 5.16. The molecule has 2 atom stereocenters. The zero-order chi connectivity index (χ0) is 16.9. The number of rotatable bonds is 7. The Morgan fingerprint density at radius 3 is 2.83 bits per heavy atom. The van der Waals surface area contributed by atoms with Crippen LogP contribution in [-0.2, 0) is 17.7 Å². The summed E-state index contributed by atoms with van der Waals surface area (Å²) >= 11 is 0. The number of hydrogen-bond donors (Lipinski definition) is 1. The number of aromatic nitrogens is 2. The van der Waals surface area contributed by atoms with E-state index in [0.29, 0.717) is 31.3 Å². The Bertz CT molecular complexity index is 647. The summed E-state index contributed by atoms with van der Waals surface area (Å²) in [6.45, 7) is 2.80. The maximum atomic E-state index is 13.0. The number of likely N-dealkylation sites (tertiary alicyclic amines) is 1. The predicted octanol–water partition coefficient (Wildman–Crippen LogP) is 1.61. The summed E-state index contributed by atoms with van der Waals surface area (Å²) in [5.74, 6) is 1.03. The molecule has 7 heteroatoms. The van der Waals surface area contributed by atoms with E-state index in [2.05, 4.69) is 15.0 Å². The molecule has 1 fully saturated rings. The predicted molar refractivity (Wildman–Crippen MR) is 84.9 cm³/mol. The van der Waals surface area contributed by atoms with Gasteiger partial charge >= 0.3 is 0 Å². The summed E-state index contributed by atoms with van der Waals surface area (Å²) < 4.78 is 23.4. The number of nitrogens with zero attached hydrogens (tertiary/aromatic N) is 3. The maximum Gasteiger partial charge on any atom is 0.231 e. The van der Waals surface area contributed by atoms with Crippen LogP contribution in [0.2, 0.25) is 0 Å². The lowest BCUT2D eigenvalue weighted by molar-refractivity contribution is 0.199. The molecule has 6 nitrogen and oxygen atoms in total. The van der Waals surface area contributed by atoms with E-state index in [0.717, 1.165) is 18.7 Å². The lowest BCUT2D eigenvalue weighted by Crippen LogP contribution is -2.20. The quantitative estimate of drug-likeness (QED) is 0.829. The maximum absolute atomic E-state index is 13.0. The van der Waals surface area contributed by atoms with E-state index in [1.54, 1.807) is 19.2 Å². The highest BCUT2D eigenvalue weighted by Gasteiger charge is 2.36. The Morgan fingerprint density at radius 1 is 1.33 bits per heavy atom. The van der Waals surface area contributed by atoms with Crippen LogP contribution in [0, 0.1) is 11.7 Å². The third-order valence-electron chi connectivity index (χ3n) is 4.40. The van der Waals surface area contributed by atoms with E-state index in [4.69, 9.17) is 9.26 Å². The molecule has 1 saturated heterocycles. The number of ether oxygens (including phenoxy) is 1. The summed E-state index contributed by atoms with van der Waals surface area (Å²) in [5, 5.41) is 13.7. The first kappa shape index (κ1) is 17.0. The Morgan fingerprint density at radius 2 is 2.12 bits per heavy atom. The molecule has 0 amide bonds. The van der Waals surface area contributed by atoms with Gasteiger partial charge in [0.25, 0.3) is 0 Å². The minimum absolute atomic E-state index is 0.0132. The van der Waals surface area contributed by atoms with Crippen molar-refractivity contribution in [3.05, 3.63) is 47.4 Å². The van der Waals surface area contributed by atoms with E-state index in [1.165, 1.54) is 12.1 Å². The summed E-state index contributed by atoms with van der Waals surface area (Å²) in [6.07, 6.45) is 0.607. The van der Waals surface area contributed by atoms with Gasteiger partial charge in [-0.05, 0) is 17.7 Å². The standard InChI is InChI=1S/C17H22FN3O3/c1-23-7-6-16-19-17(24-20-16)15-10-21(9-13(15)11-22)8-12-2-4-14(18)5-3-12/h2-5,13,15,22H,6-11H2,1H3/t13-,15+/m0/s1. The molecule has 24 heavy (non-hydrogen) atoms. The van der Waals surface area contributed by atoms with Gasteiger partial charge in [-0.25, -0.2) is 4.39 Å². The summed E-state index contributed by atoms with van der Waals surface area (Å²) in [4.78, 5) is 6.66. The lowest BCUT2D eigenvalue weighted by Gasteiger charge is -2.15. The number of benzene rings is 1. The molecule has 1 aromatic carbocycles. The average Bonchev–Trinajstić information content (AvgIpc) is 3.21. The molecule has 0 radical (unpaired) electrons. The fraction of sp³-hybridized carbons (Fsp3) is 0.529. The van der Waals surface area contributed by atoms with Crippen LogP contribution in [0.1, 0.15) is 23.2 Å². The summed E-state index contributed by atoms with van der Waals surface area (Å²) in [5.41, 5.74) is 1.04. The van der Waals surface area contributed by atoms with Crippen molar-refractivity contribution in [2.75, 3.05) is 33.4 Å². The van der Waals surface area contributed by atoms with Gasteiger partial charge in [-0.3, -0.25) is 4.90 Å². The molecule has 2 heterocycles. The molecule has 1 aromatic heterocycles. The second kappa shape index (κ2) is 7.83. The van der Waals surface area contributed by atoms with Crippen molar-refractivity contribution in [1.82, 2.24) is 15.0 Å². The fourth-order valence-corrected chi connectivity index (χ4v) is 3.12. The number of aliphatic hydroxyl groups excluding tert-OH is 1. The van der Waals surface area contributed by atoms with Gasteiger partial charge in [-0.15, -0.1) is 0 Å². The van der Waals surface area contributed by atoms with Crippen LogP contribution < -0.4 is 0 Å². The first-order valence-corrected chi connectivity index (χ1v) is 8.08. The van der Waals surface area contributed by atoms with Crippen molar-refractivity contribution in [3.63, 3.8) is 0 Å². The summed E-state index contributed by atoms with van der Waals surface area (Å²) in [7, 11) is 1.63. The zero-order valence-electron chi connectivity index (χ0n) is 13.7. The molecule has 0 bridgehead atoms. The molecule has 1 aliphatic heterocycles. The monoisotopic (exact) mass is 335 g/mol. The molecule has 130 valence electrons. The van der Waals surface area contributed by atoms with Gasteiger partial charge < -0.3 is 14.4 Å². The molecule has 1 N–H and O–H groups in total. The zero-order valence-corrected chi connectivity index (χ0v) is 13.7. The number of methoxy groups -OCH3 is 1. The van der Waals surface area contributed by atoms with Crippen molar-refractivity contribution in [3.8, 4) is 0 Å². The summed E-state index contributed by atoms with van der Waals surface area (Å²) in [6, 6.07) is 6.50. The van der Waals surface area contributed by atoms with Crippen molar-refractivity contribution in [2.24, 2.45) is 5.92 Å². The average molecular weight is 335 g/mol. The van der Waals surface area contributed by atoms with E-state index in [1.807, 2.05) is 0 Å². The second-order valence-corrected chi connectivity index (χ2v) is 6.16. The first-order chi connectivity index (χ1) is 11.7. The van der Waals surface area contributed by atoms with Crippen molar-refractivity contribution in [1.29, 1.82) is 0 Å². The molecular weight excluding hydrogens is 313 g/mol. The molecule has 1 aliphatic rings. The Balaban J connectivity index is 1.65. The third kappa shape index (κ3) is 3.98. The number of halogens is 1. The van der Waals surface area contributed by atoms with Crippen molar-refractivity contribution >= 4 is 0 Å². The first-order valence-electron chi connectivity index (χ1n) is 8.08. The normalized spacial score (nSPS) is 21.5. The Kier molecular flexibility index (Phi) is 5.55. The minimum Gasteiger partial charge on any atom is -0.396 e. The molecule has 0 aliphatic carbocycles. The second-order valence-electron chi connectivity index (χ2n) is 6.16. The number of aliphatic hydroxyl groups is 1. The van der Waals surface area contributed by atoms with Crippen LogP contribution >= 0.6 is 0 Å². The van der Waals surface area contributed by atoms with Crippen molar-refractivity contribution in [2.45, 2.75) is 18.9 Å². The van der Waals surface area contributed by atoms with E-state index in [9.17, 15) is 9.50 Å². The van der Waals surface area contributed by atoms with Gasteiger partial charge in [0.05, 0.1) is 12.5 Å². The minimum atomic E-state index is -0.235. The molecule has 0 saturated carbocycles. The van der Waals surface area contributed by atoms with Gasteiger partial charge in [0.15, 0.2) is 5.82 Å². The Labute approximate surface area is 140 Å². The van der Waals surface area contributed by atoms with E-state index < -0.39 is 0 Å². The Hall–Kier alpha value is -1.83. The highest BCUT2D eigenvalue weighted by Crippen LogP contribution is 2.32. The van der Waals surface area contributed by atoms with E-state index in [-0.39, 0.29) is 24.3 Å². The van der Waals surface area contributed by atoms with Crippen LogP contribution in [-0.4, -0.2) is 53.6 Å². The molecule has 3 rings (SSSR count). The van der Waals surface area contributed by atoms with Crippen LogP contribution in [0.25, 0.3) is 0 Å². The van der Waals surface area contributed by atoms with Gasteiger partial charge in [0.2, 0.25) is 5.89 Å². The largest absolute Gasteiger partial charge is 0.396 e. The van der Waals surface area contributed by atoms with Crippen LogP contribution in [0.5, 0.6) is 0 Å². The van der Waals surface area contributed by atoms with Crippen molar-refractivity contribution < 1.29 is 18.8 Å². The lowest BCUT2D eigenvalue weighted by atomic mass is 9.97.